The Kier molecular flexibility index (Phi) is 2.63. The van der Waals surface area contributed by atoms with Crippen LogP contribution in [0.5, 0.6) is 0 Å². The van der Waals surface area contributed by atoms with E-state index in [0.29, 0.717) is 12.8 Å². The second-order valence-corrected chi connectivity index (χ2v) is 5.44. The molecule has 2 fully saturated rings. The van der Waals surface area contributed by atoms with Crippen molar-refractivity contribution < 1.29 is 14.6 Å². The lowest BCUT2D eigenvalue weighted by atomic mass is 9.71. The highest BCUT2D eigenvalue weighted by Crippen LogP contribution is 2.49. The first kappa shape index (κ1) is 11.7. The van der Waals surface area contributed by atoms with Gasteiger partial charge in [0.1, 0.15) is 5.41 Å². The summed E-state index contributed by atoms with van der Waals surface area (Å²) >= 11 is 0. The first-order valence-electron chi connectivity index (χ1n) is 6.41. The number of pyridine rings is 1. The second-order valence-electron chi connectivity index (χ2n) is 5.44. The van der Waals surface area contributed by atoms with Crippen LogP contribution in [0.4, 0.5) is 0 Å². The van der Waals surface area contributed by atoms with Crippen LogP contribution in [0.15, 0.2) is 18.2 Å². The summed E-state index contributed by atoms with van der Waals surface area (Å²) in [6, 6.07) is 5.76. The van der Waals surface area contributed by atoms with Gasteiger partial charge in [0.2, 0.25) is 0 Å². The number of carboxylic acid groups (broad SMARTS) is 1. The first-order chi connectivity index (χ1) is 8.60. The number of aliphatic carboxylic acids is 1. The molecule has 0 radical (unpaired) electrons. The number of aromatic nitrogens is 1. The molecular weight excluding hydrogens is 230 g/mol. The second kappa shape index (κ2) is 4.05. The number of hydrogen-bond donors (Lipinski definition) is 1. The van der Waals surface area contributed by atoms with E-state index in [1.165, 1.54) is 0 Å². The van der Waals surface area contributed by atoms with E-state index in [1.54, 1.807) is 0 Å². The molecule has 0 amide bonds. The smallest absolute Gasteiger partial charge is 0.312 e. The summed E-state index contributed by atoms with van der Waals surface area (Å²) in [6.07, 6.45) is 2.97. The summed E-state index contributed by atoms with van der Waals surface area (Å²) in [5.41, 5.74) is 1.02. The normalized spacial score (nSPS) is 33.8. The highest BCUT2D eigenvalue weighted by molar-refractivity contribution is 5.76. The number of fused-ring (bicyclic) bond motifs is 2. The van der Waals surface area contributed by atoms with Crippen LogP contribution in [-0.4, -0.2) is 28.3 Å². The van der Waals surface area contributed by atoms with Crippen LogP contribution in [0, 0.1) is 12.3 Å². The van der Waals surface area contributed by atoms with Gasteiger partial charge in [0, 0.05) is 17.8 Å². The maximum Gasteiger partial charge on any atom is 0.312 e. The standard InChI is InChI=1S/C14H17NO3/c1-9-3-2-4-10(15-9)7-14(13(16)17)8-11-5-6-12(14)18-11/h2-4,11-12H,5-8H2,1H3,(H,16,17). The average molecular weight is 247 g/mol. The zero-order chi connectivity index (χ0) is 12.8. The molecule has 1 N–H and O–H groups in total. The summed E-state index contributed by atoms with van der Waals surface area (Å²) in [6.45, 7) is 1.92. The van der Waals surface area contributed by atoms with Crippen LogP contribution in [-0.2, 0) is 16.0 Å². The monoisotopic (exact) mass is 247 g/mol. The molecule has 0 spiro atoms. The SMILES string of the molecule is Cc1cccc(CC2(C(=O)O)CC3CCC2O3)n1. The van der Waals surface area contributed by atoms with Crippen molar-refractivity contribution in [2.45, 2.75) is 44.8 Å². The number of hydrogen-bond acceptors (Lipinski definition) is 3. The van der Waals surface area contributed by atoms with Crippen molar-refractivity contribution >= 4 is 5.97 Å². The summed E-state index contributed by atoms with van der Waals surface area (Å²) in [4.78, 5) is 16.1. The Morgan fingerprint density at radius 1 is 1.56 bits per heavy atom. The molecule has 3 unspecified atom stereocenters. The highest BCUT2D eigenvalue weighted by atomic mass is 16.5. The van der Waals surface area contributed by atoms with Crippen LogP contribution < -0.4 is 0 Å². The van der Waals surface area contributed by atoms with Crippen LogP contribution in [0.3, 0.4) is 0 Å². The molecule has 3 rings (SSSR count). The van der Waals surface area contributed by atoms with Crippen LogP contribution >= 0.6 is 0 Å². The van der Waals surface area contributed by atoms with Gasteiger partial charge in [0.15, 0.2) is 0 Å². The van der Waals surface area contributed by atoms with Crippen molar-refractivity contribution in [3.8, 4) is 0 Å². The van der Waals surface area contributed by atoms with Crippen molar-refractivity contribution in [2.75, 3.05) is 0 Å². The molecular formula is C14H17NO3. The van der Waals surface area contributed by atoms with Crippen LogP contribution in [0.2, 0.25) is 0 Å². The fourth-order valence-electron chi connectivity index (χ4n) is 3.31. The molecule has 2 aliphatic heterocycles. The van der Waals surface area contributed by atoms with Gasteiger partial charge in [-0.05, 0) is 38.3 Å². The number of carbonyl (C=O) groups is 1. The lowest BCUT2D eigenvalue weighted by molar-refractivity contribution is -0.152. The Hall–Kier alpha value is -1.42. The van der Waals surface area contributed by atoms with Gasteiger partial charge in [0.05, 0.1) is 12.2 Å². The molecule has 96 valence electrons. The zero-order valence-electron chi connectivity index (χ0n) is 10.4. The van der Waals surface area contributed by atoms with Crippen molar-refractivity contribution in [3.05, 3.63) is 29.6 Å². The van der Waals surface area contributed by atoms with Crippen molar-refractivity contribution in [3.63, 3.8) is 0 Å². The maximum atomic E-state index is 11.7. The van der Waals surface area contributed by atoms with Gasteiger partial charge in [-0.1, -0.05) is 6.07 Å². The lowest BCUT2D eigenvalue weighted by Gasteiger charge is -2.30. The van der Waals surface area contributed by atoms with Crippen molar-refractivity contribution in [1.82, 2.24) is 4.98 Å². The minimum Gasteiger partial charge on any atom is -0.481 e. The third kappa shape index (κ3) is 1.72. The summed E-state index contributed by atoms with van der Waals surface area (Å²) in [7, 11) is 0. The Morgan fingerprint density at radius 3 is 2.94 bits per heavy atom. The van der Waals surface area contributed by atoms with Gasteiger partial charge in [0.25, 0.3) is 0 Å². The van der Waals surface area contributed by atoms with Gasteiger partial charge in [-0.25, -0.2) is 0 Å². The van der Waals surface area contributed by atoms with Gasteiger partial charge in [-0.15, -0.1) is 0 Å². The van der Waals surface area contributed by atoms with E-state index in [2.05, 4.69) is 4.98 Å². The minimum absolute atomic E-state index is 0.135. The fourth-order valence-corrected chi connectivity index (χ4v) is 3.31. The van der Waals surface area contributed by atoms with Gasteiger partial charge in [-0.3, -0.25) is 9.78 Å². The molecule has 0 aliphatic carbocycles. The quantitative estimate of drug-likeness (QED) is 0.887. The van der Waals surface area contributed by atoms with Crippen LogP contribution in [0.25, 0.3) is 0 Å². The maximum absolute atomic E-state index is 11.7. The Bertz CT molecular complexity index is 488. The summed E-state index contributed by atoms with van der Waals surface area (Å²) in [5, 5.41) is 9.61. The third-order valence-corrected chi connectivity index (χ3v) is 4.18. The molecule has 1 aromatic rings. The lowest BCUT2D eigenvalue weighted by Crippen LogP contribution is -2.42. The number of rotatable bonds is 3. The number of aryl methyl sites for hydroxylation is 1. The number of nitrogens with zero attached hydrogens (tertiary/aromatic N) is 1. The molecule has 2 aliphatic rings. The fraction of sp³-hybridized carbons (Fsp3) is 0.571. The molecule has 4 nitrogen and oxygen atoms in total. The predicted molar refractivity (Wildman–Crippen MR) is 65.3 cm³/mol. The van der Waals surface area contributed by atoms with Crippen LogP contribution in [0.1, 0.15) is 30.7 Å². The van der Waals surface area contributed by atoms with E-state index < -0.39 is 11.4 Å². The zero-order valence-corrected chi connectivity index (χ0v) is 10.4. The van der Waals surface area contributed by atoms with E-state index in [1.807, 2.05) is 25.1 Å². The Balaban J connectivity index is 1.90. The third-order valence-electron chi connectivity index (χ3n) is 4.18. The van der Waals surface area contributed by atoms with E-state index in [-0.39, 0.29) is 12.2 Å². The molecule has 1 aromatic heterocycles. The van der Waals surface area contributed by atoms with E-state index in [4.69, 9.17) is 4.74 Å². The van der Waals surface area contributed by atoms with Crippen molar-refractivity contribution in [2.24, 2.45) is 5.41 Å². The average Bonchev–Trinajstić information content (AvgIpc) is 2.89. The van der Waals surface area contributed by atoms with E-state index in [0.717, 1.165) is 24.2 Å². The largest absolute Gasteiger partial charge is 0.481 e. The summed E-state index contributed by atoms with van der Waals surface area (Å²) < 4.78 is 5.74. The van der Waals surface area contributed by atoms with E-state index >= 15 is 0 Å². The molecule has 2 bridgehead atoms. The number of carboxylic acids is 1. The molecule has 2 saturated heterocycles. The highest BCUT2D eigenvalue weighted by Gasteiger charge is 2.57. The topological polar surface area (TPSA) is 59.4 Å². The van der Waals surface area contributed by atoms with Gasteiger partial charge < -0.3 is 9.84 Å². The minimum atomic E-state index is -0.760. The van der Waals surface area contributed by atoms with Crippen molar-refractivity contribution in [1.29, 1.82) is 0 Å². The van der Waals surface area contributed by atoms with E-state index in [9.17, 15) is 9.90 Å². The molecule has 18 heavy (non-hydrogen) atoms. The molecule has 3 atom stereocenters. The molecule has 4 heteroatoms. The molecule has 0 aromatic carbocycles. The van der Waals surface area contributed by atoms with Gasteiger partial charge in [-0.2, -0.15) is 0 Å². The molecule has 3 heterocycles. The Labute approximate surface area is 106 Å². The predicted octanol–water partition coefficient (Wildman–Crippen LogP) is 1.95. The van der Waals surface area contributed by atoms with Gasteiger partial charge >= 0.3 is 5.97 Å². The first-order valence-corrected chi connectivity index (χ1v) is 6.41. The Morgan fingerprint density at radius 2 is 2.39 bits per heavy atom. The molecule has 0 saturated carbocycles. The summed E-state index contributed by atoms with van der Waals surface area (Å²) in [5.74, 6) is -0.738. The number of ether oxygens (including phenoxy) is 1.